The zero-order valence-corrected chi connectivity index (χ0v) is 17.6. The summed E-state index contributed by atoms with van der Waals surface area (Å²) in [6.45, 7) is 0. The second-order valence-corrected chi connectivity index (χ2v) is 7.36. The number of carboxylic acid groups (broad SMARTS) is 1. The summed E-state index contributed by atoms with van der Waals surface area (Å²) in [7, 11) is 1.59. The van der Waals surface area contributed by atoms with Gasteiger partial charge in [-0.3, -0.25) is 4.79 Å². The molecule has 160 valence electrons. The number of ether oxygens (including phenoxy) is 1. The molecule has 0 aromatic heterocycles. The Kier molecular flexibility index (Phi) is 7.82. The van der Waals surface area contributed by atoms with Crippen LogP contribution in [-0.4, -0.2) is 24.1 Å². The lowest BCUT2D eigenvalue weighted by Gasteiger charge is -2.12. The molecule has 0 heterocycles. The lowest BCUT2D eigenvalue weighted by molar-refractivity contribution is 0.0695. The van der Waals surface area contributed by atoms with Crippen LogP contribution in [0.4, 0.5) is 5.69 Å². The topological polar surface area (TPSA) is 75.6 Å². The number of aromatic carboxylic acids is 1. The van der Waals surface area contributed by atoms with Gasteiger partial charge in [0.05, 0.1) is 12.7 Å². The summed E-state index contributed by atoms with van der Waals surface area (Å²) in [5.41, 5.74) is 3.75. The number of amides is 1. The van der Waals surface area contributed by atoms with Gasteiger partial charge in [-0.25, -0.2) is 4.79 Å². The smallest absolute Gasteiger partial charge is 0.335 e. The third-order valence-electron chi connectivity index (χ3n) is 5.26. The van der Waals surface area contributed by atoms with Gasteiger partial charge in [-0.1, -0.05) is 42.8 Å². The van der Waals surface area contributed by atoms with Gasteiger partial charge in [0.15, 0.2) is 0 Å². The maximum Gasteiger partial charge on any atom is 0.335 e. The van der Waals surface area contributed by atoms with E-state index in [2.05, 4.69) is 5.32 Å². The van der Waals surface area contributed by atoms with Gasteiger partial charge in [0.2, 0.25) is 0 Å². The highest BCUT2D eigenvalue weighted by Crippen LogP contribution is 2.20. The standard InChI is InChI=1S/C26H27NO4/c1-31-22-17-15-21(16-18-22)25(28)27-24-14-8-6-12-20(24)11-4-2-3-9-19-10-5-7-13-23(19)26(29)30/h5-8,10,12-18H,2-4,9,11H2,1H3,(H,27,28)(H,29,30). The Hall–Kier alpha value is -3.60. The number of carbonyl (C=O) groups is 2. The number of rotatable bonds is 10. The monoisotopic (exact) mass is 417 g/mol. The predicted molar refractivity (Wildman–Crippen MR) is 122 cm³/mol. The van der Waals surface area contributed by atoms with Gasteiger partial charge in [0.1, 0.15) is 5.75 Å². The minimum Gasteiger partial charge on any atom is -0.497 e. The van der Waals surface area contributed by atoms with Crippen molar-refractivity contribution < 1.29 is 19.4 Å². The molecular formula is C26H27NO4. The summed E-state index contributed by atoms with van der Waals surface area (Å²) >= 11 is 0. The second kappa shape index (κ2) is 11.0. The molecule has 3 aromatic carbocycles. The van der Waals surface area contributed by atoms with Gasteiger partial charge < -0.3 is 15.2 Å². The Morgan fingerprint density at radius 2 is 1.42 bits per heavy atom. The van der Waals surface area contributed by atoms with Crippen molar-refractivity contribution in [3.05, 3.63) is 95.1 Å². The van der Waals surface area contributed by atoms with Crippen LogP contribution >= 0.6 is 0 Å². The molecule has 2 N–H and O–H groups in total. The molecule has 0 saturated heterocycles. The van der Waals surface area contributed by atoms with E-state index in [4.69, 9.17) is 4.74 Å². The van der Waals surface area contributed by atoms with Crippen molar-refractivity contribution in [2.75, 3.05) is 12.4 Å². The summed E-state index contributed by atoms with van der Waals surface area (Å²) in [5, 5.41) is 12.3. The van der Waals surface area contributed by atoms with Crippen molar-refractivity contribution in [1.82, 2.24) is 0 Å². The highest BCUT2D eigenvalue weighted by Gasteiger charge is 2.10. The third-order valence-corrected chi connectivity index (χ3v) is 5.26. The molecule has 0 spiro atoms. The molecule has 5 heteroatoms. The summed E-state index contributed by atoms with van der Waals surface area (Å²) in [5.74, 6) is -0.319. The summed E-state index contributed by atoms with van der Waals surface area (Å²) < 4.78 is 5.14. The van der Waals surface area contributed by atoms with Gasteiger partial charge in [-0.05, 0) is 73.2 Å². The van der Waals surface area contributed by atoms with Gasteiger partial charge in [0, 0.05) is 11.3 Å². The van der Waals surface area contributed by atoms with E-state index in [0.29, 0.717) is 16.9 Å². The fourth-order valence-corrected chi connectivity index (χ4v) is 3.55. The molecule has 0 saturated carbocycles. The van der Waals surface area contributed by atoms with Crippen LogP contribution in [0.1, 0.15) is 51.1 Å². The van der Waals surface area contributed by atoms with Crippen molar-refractivity contribution in [3.8, 4) is 5.75 Å². The highest BCUT2D eigenvalue weighted by atomic mass is 16.5. The number of aryl methyl sites for hydroxylation is 2. The average Bonchev–Trinajstić information content (AvgIpc) is 2.80. The fraction of sp³-hybridized carbons (Fsp3) is 0.231. The van der Waals surface area contributed by atoms with E-state index < -0.39 is 5.97 Å². The number of methoxy groups -OCH3 is 1. The quantitative estimate of drug-likeness (QED) is 0.421. The molecule has 0 bridgehead atoms. The molecule has 1 amide bonds. The number of nitrogens with one attached hydrogen (secondary N) is 1. The molecule has 3 rings (SSSR count). The summed E-state index contributed by atoms with van der Waals surface area (Å²) in [6, 6.07) is 22.0. The first-order chi connectivity index (χ1) is 15.1. The molecule has 0 radical (unpaired) electrons. The van der Waals surface area contributed by atoms with E-state index in [9.17, 15) is 14.7 Å². The number of carboxylic acids is 1. The third kappa shape index (κ3) is 6.19. The van der Waals surface area contributed by atoms with Crippen LogP contribution in [0.15, 0.2) is 72.8 Å². The molecular weight excluding hydrogens is 390 g/mol. The molecule has 0 aliphatic heterocycles. The molecule has 5 nitrogen and oxygen atoms in total. The van der Waals surface area contributed by atoms with Crippen LogP contribution in [0.25, 0.3) is 0 Å². The van der Waals surface area contributed by atoms with E-state index in [-0.39, 0.29) is 5.91 Å². The van der Waals surface area contributed by atoms with E-state index in [1.165, 1.54) is 0 Å². The molecule has 0 aliphatic rings. The zero-order valence-electron chi connectivity index (χ0n) is 17.6. The molecule has 0 aliphatic carbocycles. The van der Waals surface area contributed by atoms with Crippen LogP contribution in [0, 0.1) is 0 Å². The normalized spacial score (nSPS) is 10.5. The van der Waals surface area contributed by atoms with Gasteiger partial charge in [-0.15, -0.1) is 0 Å². The van der Waals surface area contributed by atoms with Gasteiger partial charge in [-0.2, -0.15) is 0 Å². The van der Waals surface area contributed by atoms with Gasteiger partial charge in [0.25, 0.3) is 5.91 Å². The van der Waals surface area contributed by atoms with Crippen molar-refractivity contribution in [1.29, 1.82) is 0 Å². The Balaban J connectivity index is 1.52. The van der Waals surface area contributed by atoms with Crippen LogP contribution in [0.5, 0.6) is 5.75 Å². The van der Waals surface area contributed by atoms with Crippen LogP contribution in [0.2, 0.25) is 0 Å². The molecule has 0 unspecified atom stereocenters. The van der Waals surface area contributed by atoms with Crippen molar-refractivity contribution in [2.45, 2.75) is 32.1 Å². The van der Waals surface area contributed by atoms with E-state index in [1.54, 1.807) is 43.5 Å². The first-order valence-corrected chi connectivity index (χ1v) is 10.4. The Bertz CT molecular complexity index is 1030. The molecule has 0 fully saturated rings. The number of carbonyl (C=O) groups excluding carboxylic acids is 1. The first kappa shape index (κ1) is 22.1. The number of anilines is 1. The highest BCUT2D eigenvalue weighted by molar-refractivity contribution is 6.04. The predicted octanol–water partition coefficient (Wildman–Crippen LogP) is 5.60. The first-order valence-electron chi connectivity index (χ1n) is 10.4. The summed E-state index contributed by atoms with van der Waals surface area (Å²) in [4.78, 5) is 23.9. The number of unbranched alkanes of at least 4 members (excludes halogenated alkanes) is 2. The Morgan fingerprint density at radius 3 is 2.10 bits per heavy atom. The second-order valence-electron chi connectivity index (χ2n) is 7.36. The number of hydrogen-bond donors (Lipinski definition) is 2. The molecule has 0 atom stereocenters. The van der Waals surface area contributed by atoms with Crippen LogP contribution in [0.3, 0.4) is 0 Å². The minimum atomic E-state index is -0.878. The number of benzene rings is 3. The van der Waals surface area contributed by atoms with E-state index in [1.807, 2.05) is 36.4 Å². The maximum absolute atomic E-state index is 12.6. The lowest BCUT2D eigenvalue weighted by atomic mass is 9.99. The molecule has 31 heavy (non-hydrogen) atoms. The zero-order chi connectivity index (χ0) is 22.1. The largest absolute Gasteiger partial charge is 0.497 e. The Morgan fingerprint density at radius 1 is 0.806 bits per heavy atom. The van der Waals surface area contributed by atoms with E-state index in [0.717, 1.165) is 48.9 Å². The van der Waals surface area contributed by atoms with Crippen molar-refractivity contribution in [3.63, 3.8) is 0 Å². The summed E-state index contributed by atoms with van der Waals surface area (Å²) in [6.07, 6.45) is 4.46. The fourth-order valence-electron chi connectivity index (χ4n) is 3.55. The minimum absolute atomic E-state index is 0.152. The molecule has 3 aromatic rings. The maximum atomic E-state index is 12.6. The van der Waals surface area contributed by atoms with E-state index >= 15 is 0 Å². The van der Waals surface area contributed by atoms with Crippen molar-refractivity contribution in [2.24, 2.45) is 0 Å². The average molecular weight is 418 g/mol. The SMILES string of the molecule is COc1ccc(C(=O)Nc2ccccc2CCCCCc2ccccc2C(=O)O)cc1. The van der Waals surface area contributed by atoms with Crippen LogP contribution in [-0.2, 0) is 12.8 Å². The Labute approximate surface area is 182 Å². The van der Waals surface area contributed by atoms with Crippen LogP contribution < -0.4 is 10.1 Å². The number of para-hydroxylation sites is 1. The number of hydrogen-bond acceptors (Lipinski definition) is 3. The lowest BCUT2D eigenvalue weighted by Crippen LogP contribution is -2.13. The van der Waals surface area contributed by atoms with Gasteiger partial charge >= 0.3 is 5.97 Å². The van der Waals surface area contributed by atoms with Crippen molar-refractivity contribution >= 4 is 17.6 Å².